The molecular weight excluding hydrogens is 217 g/mol. The molecule has 1 aliphatic heterocycles. The molecule has 0 amide bonds. The third-order valence-corrected chi connectivity index (χ3v) is 3.38. The Morgan fingerprint density at radius 2 is 2.12 bits per heavy atom. The minimum atomic E-state index is -0.878. The summed E-state index contributed by atoms with van der Waals surface area (Å²) in [7, 11) is 1.62. The van der Waals surface area contributed by atoms with E-state index in [1.807, 2.05) is 24.3 Å². The average Bonchev–Trinajstić information content (AvgIpc) is 2.40. The van der Waals surface area contributed by atoms with Crippen molar-refractivity contribution in [1.82, 2.24) is 5.32 Å². The van der Waals surface area contributed by atoms with Gasteiger partial charge in [0.15, 0.2) is 0 Å². The van der Waals surface area contributed by atoms with Crippen molar-refractivity contribution >= 4 is 0 Å². The van der Waals surface area contributed by atoms with Gasteiger partial charge >= 0.3 is 0 Å². The van der Waals surface area contributed by atoms with Gasteiger partial charge in [0.05, 0.1) is 7.11 Å². The van der Waals surface area contributed by atoms with E-state index in [0.717, 1.165) is 24.3 Å². The fourth-order valence-corrected chi connectivity index (χ4v) is 2.32. The Balaban J connectivity index is 1.91. The van der Waals surface area contributed by atoms with Gasteiger partial charge in [-0.25, -0.2) is 4.39 Å². The number of rotatable bonds is 4. The minimum Gasteiger partial charge on any atom is -0.497 e. The molecule has 0 aromatic heterocycles. The Kier molecular flexibility index (Phi) is 4.37. The van der Waals surface area contributed by atoms with Gasteiger partial charge in [-0.1, -0.05) is 18.6 Å². The molecule has 2 nitrogen and oxygen atoms in total. The Bertz CT molecular complexity index is 333. The van der Waals surface area contributed by atoms with Crippen LogP contribution in [0.3, 0.4) is 0 Å². The second-order valence-corrected chi connectivity index (χ2v) is 4.62. The molecule has 0 bridgehead atoms. The summed E-state index contributed by atoms with van der Waals surface area (Å²) in [5.41, 5.74) is 0.748. The molecule has 0 aliphatic carbocycles. The molecule has 1 aromatic carbocycles. The van der Waals surface area contributed by atoms with E-state index in [1.54, 1.807) is 7.11 Å². The van der Waals surface area contributed by atoms with Crippen molar-refractivity contribution in [2.45, 2.75) is 37.9 Å². The number of piperidine rings is 1. The maximum Gasteiger partial charge on any atom is 0.127 e. The second-order valence-electron chi connectivity index (χ2n) is 4.62. The Morgan fingerprint density at radius 3 is 2.71 bits per heavy atom. The first-order valence-electron chi connectivity index (χ1n) is 6.31. The molecule has 94 valence electrons. The highest BCUT2D eigenvalue weighted by molar-refractivity contribution is 5.28. The molecule has 3 heteroatoms. The van der Waals surface area contributed by atoms with E-state index in [1.165, 1.54) is 12.8 Å². The number of hydrogen-bond donors (Lipinski definition) is 1. The van der Waals surface area contributed by atoms with Crippen molar-refractivity contribution < 1.29 is 9.13 Å². The summed E-state index contributed by atoms with van der Waals surface area (Å²) in [4.78, 5) is 0. The second kappa shape index (κ2) is 6.01. The summed E-state index contributed by atoms with van der Waals surface area (Å²) in [6, 6.07) is 7.59. The van der Waals surface area contributed by atoms with Crippen LogP contribution >= 0.6 is 0 Å². The molecule has 1 N–H and O–H groups in total. The molecule has 17 heavy (non-hydrogen) atoms. The minimum absolute atomic E-state index is 0.334. The first-order valence-corrected chi connectivity index (χ1v) is 6.31. The van der Waals surface area contributed by atoms with E-state index in [2.05, 4.69) is 5.32 Å². The van der Waals surface area contributed by atoms with Gasteiger partial charge in [-0.3, -0.25) is 0 Å². The maximum atomic E-state index is 14.1. The smallest absolute Gasteiger partial charge is 0.127 e. The third kappa shape index (κ3) is 3.43. The molecule has 1 aliphatic rings. The van der Waals surface area contributed by atoms with Crippen LogP contribution in [0.25, 0.3) is 0 Å². The van der Waals surface area contributed by atoms with Crippen molar-refractivity contribution in [2.24, 2.45) is 0 Å². The molecule has 0 spiro atoms. The molecule has 2 atom stereocenters. The van der Waals surface area contributed by atoms with E-state index in [0.29, 0.717) is 12.5 Å². The summed E-state index contributed by atoms with van der Waals surface area (Å²) in [6.45, 7) is 1.03. The summed E-state index contributed by atoms with van der Waals surface area (Å²) in [5, 5.41) is 3.38. The van der Waals surface area contributed by atoms with Crippen LogP contribution in [0.1, 0.15) is 37.4 Å². The van der Waals surface area contributed by atoms with E-state index in [4.69, 9.17) is 4.74 Å². The summed E-state index contributed by atoms with van der Waals surface area (Å²) < 4.78 is 19.1. The molecule has 1 fully saturated rings. The van der Waals surface area contributed by atoms with E-state index >= 15 is 0 Å². The van der Waals surface area contributed by atoms with Gasteiger partial charge in [0.2, 0.25) is 0 Å². The topological polar surface area (TPSA) is 21.3 Å². The van der Waals surface area contributed by atoms with Crippen LogP contribution in [0.15, 0.2) is 24.3 Å². The quantitative estimate of drug-likeness (QED) is 0.868. The highest BCUT2D eigenvalue weighted by Gasteiger charge is 2.19. The average molecular weight is 237 g/mol. The normalized spacial score (nSPS) is 22.1. The van der Waals surface area contributed by atoms with Crippen molar-refractivity contribution in [3.63, 3.8) is 0 Å². The van der Waals surface area contributed by atoms with Gasteiger partial charge in [0, 0.05) is 6.04 Å². The molecule has 0 radical (unpaired) electrons. The molecule has 0 saturated carbocycles. The maximum absolute atomic E-state index is 14.1. The zero-order valence-corrected chi connectivity index (χ0v) is 10.3. The summed E-state index contributed by atoms with van der Waals surface area (Å²) in [5.74, 6) is 0.775. The lowest BCUT2D eigenvalue weighted by Gasteiger charge is -2.24. The lowest BCUT2D eigenvalue weighted by atomic mass is 9.97. The Morgan fingerprint density at radius 1 is 1.35 bits per heavy atom. The predicted molar refractivity (Wildman–Crippen MR) is 67.1 cm³/mol. The van der Waals surface area contributed by atoms with Crippen LogP contribution in [0, 0.1) is 0 Å². The van der Waals surface area contributed by atoms with Crippen LogP contribution in [0.4, 0.5) is 4.39 Å². The summed E-state index contributed by atoms with van der Waals surface area (Å²) in [6.07, 6.45) is 3.22. The third-order valence-electron chi connectivity index (χ3n) is 3.38. The van der Waals surface area contributed by atoms with Gasteiger partial charge in [0.1, 0.15) is 11.9 Å². The first-order chi connectivity index (χ1) is 8.29. The molecule has 2 rings (SSSR count). The molecular formula is C14H20FNO. The molecule has 1 heterocycles. The number of benzene rings is 1. The van der Waals surface area contributed by atoms with Crippen molar-refractivity contribution in [3.05, 3.63) is 29.8 Å². The highest BCUT2D eigenvalue weighted by atomic mass is 19.1. The fourth-order valence-electron chi connectivity index (χ4n) is 2.32. The van der Waals surface area contributed by atoms with Gasteiger partial charge in [-0.2, -0.15) is 0 Å². The van der Waals surface area contributed by atoms with Crippen LogP contribution in [0.5, 0.6) is 5.75 Å². The van der Waals surface area contributed by atoms with Crippen molar-refractivity contribution in [1.29, 1.82) is 0 Å². The number of nitrogens with one attached hydrogen (secondary N) is 1. The van der Waals surface area contributed by atoms with E-state index < -0.39 is 6.17 Å². The van der Waals surface area contributed by atoms with Crippen LogP contribution in [0.2, 0.25) is 0 Å². The SMILES string of the molecule is COc1ccc(C(F)CC2CCCCN2)cc1. The monoisotopic (exact) mass is 237 g/mol. The van der Waals surface area contributed by atoms with Crippen LogP contribution in [-0.4, -0.2) is 19.7 Å². The lowest BCUT2D eigenvalue weighted by molar-refractivity contribution is 0.260. The zero-order chi connectivity index (χ0) is 12.1. The van der Waals surface area contributed by atoms with Crippen molar-refractivity contribution in [3.8, 4) is 5.75 Å². The number of ether oxygens (including phenoxy) is 1. The highest BCUT2D eigenvalue weighted by Crippen LogP contribution is 2.26. The van der Waals surface area contributed by atoms with E-state index in [-0.39, 0.29) is 0 Å². The number of halogens is 1. The van der Waals surface area contributed by atoms with Crippen LogP contribution in [-0.2, 0) is 0 Å². The number of methoxy groups -OCH3 is 1. The molecule has 1 aromatic rings. The van der Waals surface area contributed by atoms with Gasteiger partial charge in [-0.05, 0) is 43.5 Å². The van der Waals surface area contributed by atoms with E-state index in [9.17, 15) is 4.39 Å². The summed E-state index contributed by atoms with van der Waals surface area (Å²) >= 11 is 0. The molecule has 2 unspecified atom stereocenters. The Labute approximate surface area is 102 Å². The fraction of sp³-hybridized carbons (Fsp3) is 0.571. The van der Waals surface area contributed by atoms with Gasteiger partial charge in [0.25, 0.3) is 0 Å². The lowest BCUT2D eigenvalue weighted by Crippen LogP contribution is -2.34. The largest absolute Gasteiger partial charge is 0.497 e. The van der Waals surface area contributed by atoms with Gasteiger partial charge < -0.3 is 10.1 Å². The molecule has 1 saturated heterocycles. The number of hydrogen-bond acceptors (Lipinski definition) is 2. The zero-order valence-electron chi connectivity index (χ0n) is 10.3. The number of alkyl halides is 1. The first kappa shape index (κ1) is 12.4. The Hall–Kier alpha value is -1.09. The predicted octanol–water partition coefficient (Wildman–Crippen LogP) is 3.24. The standard InChI is InChI=1S/C14H20FNO/c1-17-13-7-5-11(6-8-13)14(15)10-12-4-2-3-9-16-12/h5-8,12,14,16H,2-4,9-10H2,1H3. The van der Waals surface area contributed by atoms with Gasteiger partial charge in [-0.15, -0.1) is 0 Å². The van der Waals surface area contributed by atoms with Crippen LogP contribution < -0.4 is 10.1 Å². The van der Waals surface area contributed by atoms with Crippen molar-refractivity contribution in [2.75, 3.05) is 13.7 Å².